The normalized spacial score (nSPS) is 14.8. The number of anilines is 1. The van der Waals surface area contributed by atoms with E-state index in [1.165, 1.54) is 0 Å². The quantitative estimate of drug-likeness (QED) is 0.590. The summed E-state index contributed by atoms with van der Waals surface area (Å²) in [4.78, 5) is 8.22. The fourth-order valence-corrected chi connectivity index (χ4v) is 1.22. The molecule has 4 N–H and O–H groups in total. The molecule has 5 heteroatoms. The van der Waals surface area contributed by atoms with Crippen molar-refractivity contribution in [3.05, 3.63) is 17.1 Å². The van der Waals surface area contributed by atoms with Gasteiger partial charge in [0, 0.05) is 5.56 Å². The van der Waals surface area contributed by atoms with Gasteiger partial charge in [0.15, 0.2) is 0 Å². The molecule has 1 aromatic heterocycles. The highest BCUT2D eigenvalue weighted by atomic mass is 16.5. The van der Waals surface area contributed by atoms with Crippen LogP contribution in [0.3, 0.4) is 0 Å². The van der Waals surface area contributed by atoms with Gasteiger partial charge in [-0.05, 0) is 0 Å². The molecule has 0 aliphatic carbocycles. The van der Waals surface area contributed by atoms with Crippen molar-refractivity contribution >= 4 is 5.82 Å². The number of rotatable bonds is 1. The molecule has 1 aromatic rings. The van der Waals surface area contributed by atoms with Crippen LogP contribution in [-0.2, 0) is 24.5 Å². The van der Waals surface area contributed by atoms with Gasteiger partial charge in [-0.25, -0.2) is 9.97 Å². The van der Waals surface area contributed by atoms with Crippen LogP contribution < -0.4 is 11.5 Å². The van der Waals surface area contributed by atoms with E-state index < -0.39 is 0 Å². The summed E-state index contributed by atoms with van der Waals surface area (Å²) in [6.07, 6.45) is 0. The maximum atomic E-state index is 5.66. The zero-order valence-corrected chi connectivity index (χ0v) is 6.58. The van der Waals surface area contributed by atoms with Crippen molar-refractivity contribution in [2.24, 2.45) is 5.73 Å². The lowest BCUT2D eigenvalue weighted by molar-refractivity contribution is 0.133. The Bertz CT molecular complexity index is 313. The fourth-order valence-electron chi connectivity index (χ4n) is 1.22. The molecule has 0 saturated heterocycles. The molecule has 2 rings (SSSR count). The molecular weight excluding hydrogens is 156 g/mol. The maximum Gasteiger partial charge on any atom is 0.144 e. The molecule has 0 radical (unpaired) electrons. The molecule has 64 valence electrons. The van der Waals surface area contributed by atoms with E-state index in [1.807, 2.05) is 0 Å². The highest BCUT2D eigenvalue weighted by Crippen LogP contribution is 2.21. The molecule has 1 aliphatic rings. The Hall–Kier alpha value is -1.20. The van der Waals surface area contributed by atoms with E-state index >= 15 is 0 Å². The van der Waals surface area contributed by atoms with Crippen molar-refractivity contribution in [3.63, 3.8) is 0 Å². The van der Waals surface area contributed by atoms with Crippen LogP contribution in [0.5, 0.6) is 0 Å². The first-order chi connectivity index (χ1) is 5.81. The minimum absolute atomic E-state index is 0.317. The van der Waals surface area contributed by atoms with Gasteiger partial charge in [0.1, 0.15) is 11.6 Å². The van der Waals surface area contributed by atoms with Crippen molar-refractivity contribution in [1.82, 2.24) is 9.97 Å². The zero-order valence-electron chi connectivity index (χ0n) is 6.58. The van der Waals surface area contributed by atoms with Gasteiger partial charge in [-0.15, -0.1) is 0 Å². The average molecular weight is 166 g/mol. The number of ether oxygens (including phenoxy) is 1. The summed E-state index contributed by atoms with van der Waals surface area (Å²) in [6, 6.07) is 0. The Morgan fingerprint density at radius 1 is 1.33 bits per heavy atom. The second-order valence-corrected chi connectivity index (χ2v) is 2.65. The van der Waals surface area contributed by atoms with Crippen LogP contribution in [0.2, 0.25) is 0 Å². The molecule has 0 atom stereocenters. The molecule has 0 aromatic carbocycles. The summed E-state index contributed by atoms with van der Waals surface area (Å²) in [5.74, 6) is 1.08. The summed E-state index contributed by atoms with van der Waals surface area (Å²) in [5, 5.41) is 0. The minimum atomic E-state index is 0.317. The molecule has 1 aliphatic heterocycles. The van der Waals surface area contributed by atoms with E-state index in [0.29, 0.717) is 31.4 Å². The molecule has 0 spiro atoms. The molecule has 0 amide bonds. The van der Waals surface area contributed by atoms with Gasteiger partial charge in [0.2, 0.25) is 0 Å². The summed E-state index contributed by atoms with van der Waals surface area (Å²) in [5.41, 5.74) is 12.8. The predicted octanol–water partition coefficient (Wildman–Crippen LogP) is -0.452. The molecule has 12 heavy (non-hydrogen) atoms. The number of hydrogen-bond acceptors (Lipinski definition) is 5. The molecule has 5 nitrogen and oxygen atoms in total. The van der Waals surface area contributed by atoms with Crippen LogP contribution in [0.4, 0.5) is 5.82 Å². The summed E-state index contributed by atoms with van der Waals surface area (Å²) < 4.78 is 5.17. The van der Waals surface area contributed by atoms with Gasteiger partial charge >= 0.3 is 0 Å². The van der Waals surface area contributed by atoms with Gasteiger partial charge in [0.05, 0.1) is 25.5 Å². The lowest BCUT2D eigenvalue weighted by Gasteiger charge is -2.02. The topological polar surface area (TPSA) is 87.0 Å². The minimum Gasteiger partial charge on any atom is -0.383 e. The largest absolute Gasteiger partial charge is 0.383 e. The number of hydrogen-bond donors (Lipinski definition) is 2. The Morgan fingerprint density at radius 3 is 2.92 bits per heavy atom. The molecule has 0 fully saturated rings. The number of aromatic nitrogens is 2. The van der Waals surface area contributed by atoms with Crippen LogP contribution >= 0.6 is 0 Å². The van der Waals surface area contributed by atoms with Crippen molar-refractivity contribution in [1.29, 1.82) is 0 Å². The summed E-state index contributed by atoms with van der Waals surface area (Å²) in [6.45, 7) is 1.36. The van der Waals surface area contributed by atoms with Gasteiger partial charge in [0.25, 0.3) is 0 Å². The van der Waals surface area contributed by atoms with E-state index in [1.54, 1.807) is 0 Å². The number of nitrogens with two attached hydrogens (primary N) is 2. The second-order valence-electron chi connectivity index (χ2n) is 2.65. The van der Waals surface area contributed by atoms with Crippen molar-refractivity contribution in [2.75, 3.05) is 5.73 Å². The van der Waals surface area contributed by atoms with E-state index in [4.69, 9.17) is 16.2 Å². The highest BCUT2D eigenvalue weighted by Gasteiger charge is 2.17. The highest BCUT2D eigenvalue weighted by molar-refractivity contribution is 5.43. The second kappa shape index (κ2) is 2.69. The van der Waals surface area contributed by atoms with Gasteiger partial charge in [-0.3, -0.25) is 0 Å². The molecule has 0 bridgehead atoms. The van der Waals surface area contributed by atoms with Crippen LogP contribution in [0, 0.1) is 0 Å². The summed E-state index contributed by atoms with van der Waals surface area (Å²) in [7, 11) is 0. The van der Waals surface area contributed by atoms with Crippen LogP contribution in [0.1, 0.15) is 17.1 Å². The Balaban J connectivity index is 2.51. The van der Waals surface area contributed by atoms with E-state index in [-0.39, 0.29) is 0 Å². The Labute approximate surface area is 69.8 Å². The first kappa shape index (κ1) is 7.45. The smallest absolute Gasteiger partial charge is 0.144 e. The van der Waals surface area contributed by atoms with Crippen molar-refractivity contribution < 1.29 is 4.74 Å². The Morgan fingerprint density at radius 2 is 2.17 bits per heavy atom. The first-order valence-corrected chi connectivity index (χ1v) is 3.73. The van der Waals surface area contributed by atoms with Crippen LogP contribution in [0.15, 0.2) is 0 Å². The van der Waals surface area contributed by atoms with E-state index in [0.717, 1.165) is 11.3 Å². The average Bonchev–Trinajstić information content (AvgIpc) is 2.52. The molecule has 0 saturated carbocycles. The van der Waals surface area contributed by atoms with Crippen LogP contribution in [0.25, 0.3) is 0 Å². The standard InChI is InChI=1S/C7H10N4O/c8-1-6-10-5-3-12-2-4(5)7(9)11-6/h1-3,8H2,(H2,9,10,11). The van der Waals surface area contributed by atoms with Crippen molar-refractivity contribution in [2.45, 2.75) is 19.8 Å². The predicted molar refractivity (Wildman–Crippen MR) is 42.8 cm³/mol. The van der Waals surface area contributed by atoms with Gasteiger partial charge in [-0.2, -0.15) is 0 Å². The third kappa shape index (κ3) is 1.03. The Kier molecular flexibility index (Phi) is 1.67. The number of nitrogen functional groups attached to an aromatic ring is 1. The SMILES string of the molecule is NCc1nc(N)c2c(n1)COC2. The molecule has 2 heterocycles. The third-order valence-corrected chi connectivity index (χ3v) is 1.84. The van der Waals surface area contributed by atoms with Crippen LogP contribution in [-0.4, -0.2) is 9.97 Å². The number of fused-ring (bicyclic) bond motifs is 1. The van der Waals surface area contributed by atoms with Gasteiger partial charge in [-0.1, -0.05) is 0 Å². The fraction of sp³-hybridized carbons (Fsp3) is 0.429. The zero-order chi connectivity index (χ0) is 8.55. The molecular formula is C7H10N4O. The lowest BCUT2D eigenvalue weighted by Crippen LogP contribution is -2.09. The maximum absolute atomic E-state index is 5.66. The monoisotopic (exact) mass is 166 g/mol. The molecule has 0 unspecified atom stereocenters. The third-order valence-electron chi connectivity index (χ3n) is 1.84. The first-order valence-electron chi connectivity index (χ1n) is 3.73. The van der Waals surface area contributed by atoms with Crippen molar-refractivity contribution in [3.8, 4) is 0 Å². The van der Waals surface area contributed by atoms with E-state index in [2.05, 4.69) is 9.97 Å². The van der Waals surface area contributed by atoms with Gasteiger partial charge < -0.3 is 16.2 Å². The lowest BCUT2D eigenvalue weighted by atomic mass is 10.2. The number of nitrogens with zero attached hydrogens (tertiary/aromatic N) is 2. The van der Waals surface area contributed by atoms with E-state index in [9.17, 15) is 0 Å². The summed E-state index contributed by atoms with van der Waals surface area (Å²) >= 11 is 0.